The number of aromatic nitrogens is 3. The first-order chi connectivity index (χ1) is 13.6. The van der Waals surface area contributed by atoms with Crippen LogP contribution in [0, 0.1) is 12.7 Å². The maximum atomic E-state index is 13.7. The van der Waals surface area contributed by atoms with Gasteiger partial charge in [-0.25, -0.2) is 9.37 Å². The summed E-state index contributed by atoms with van der Waals surface area (Å²) in [5.74, 6) is -0.441. The zero-order chi connectivity index (χ0) is 21.3. The molecule has 0 fully saturated rings. The Morgan fingerprint density at radius 1 is 1.17 bits per heavy atom. The third-order valence-corrected chi connectivity index (χ3v) is 4.62. The van der Waals surface area contributed by atoms with Gasteiger partial charge in [0.1, 0.15) is 10.8 Å². The van der Waals surface area contributed by atoms with E-state index in [0.29, 0.717) is 23.0 Å². The van der Waals surface area contributed by atoms with Crippen LogP contribution >= 0.6 is 11.6 Å². The van der Waals surface area contributed by atoms with E-state index >= 15 is 0 Å². The van der Waals surface area contributed by atoms with Crippen LogP contribution in [-0.4, -0.2) is 21.8 Å². The minimum absolute atomic E-state index is 0.0975. The number of benzene rings is 1. The van der Waals surface area contributed by atoms with Gasteiger partial charge in [0, 0.05) is 19.8 Å². The second kappa shape index (κ2) is 7.82. The highest BCUT2D eigenvalue weighted by Crippen LogP contribution is 2.29. The van der Waals surface area contributed by atoms with Crippen molar-refractivity contribution in [3.05, 3.63) is 80.6 Å². The van der Waals surface area contributed by atoms with Gasteiger partial charge < -0.3 is 4.90 Å². The lowest BCUT2D eigenvalue weighted by atomic mass is 10.1. The molecule has 0 spiro atoms. The van der Waals surface area contributed by atoms with Gasteiger partial charge in [-0.05, 0) is 36.2 Å². The number of hydrogen-bond acceptors (Lipinski definition) is 4. The minimum atomic E-state index is -4.54. The zero-order valence-electron chi connectivity index (χ0n) is 15.3. The molecule has 0 saturated carbocycles. The number of pyridine rings is 1. The van der Waals surface area contributed by atoms with Gasteiger partial charge in [-0.15, -0.1) is 0 Å². The molecule has 152 valence electrons. The predicted molar refractivity (Wildman–Crippen MR) is 101 cm³/mol. The summed E-state index contributed by atoms with van der Waals surface area (Å²) in [5, 5.41) is 3.77. The van der Waals surface area contributed by atoms with Crippen LogP contribution in [-0.2, 0) is 12.7 Å². The maximum absolute atomic E-state index is 13.7. The van der Waals surface area contributed by atoms with E-state index in [2.05, 4.69) is 10.1 Å². The predicted octanol–water partition coefficient (Wildman–Crippen LogP) is 4.38. The van der Waals surface area contributed by atoms with Gasteiger partial charge in [0.2, 0.25) is 0 Å². The summed E-state index contributed by atoms with van der Waals surface area (Å²) < 4.78 is 52.5. The van der Waals surface area contributed by atoms with Crippen molar-refractivity contribution in [2.24, 2.45) is 0 Å². The zero-order valence-corrected chi connectivity index (χ0v) is 16.1. The van der Waals surface area contributed by atoms with E-state index < -0.39 is 17.3 Å². The Morgan fingerprint density at radius 3 is 2.48 bits per heavy atom. The van der Waals surface area contributed by atoms with Crippen molar-refractivity contribution in [1.82, 2.24) is 14.8 Å². The Labute approximate surface area is 168 Å². The number of anilines is 1. The number of rotatable bonds is 4. The molecule has 2 aromatic heterocycles. The number of alkyl halides is 3. The van der Waals surface area contributed by atoms with Crippen LogP contribution in [0.3, 0.4) is 0 Å². The molecule has 2 heterocycles. The van der Waals surface area contributed by atoms with Gasteiger partial charge in [-0.3, -0.25) is 4.79 Å². The maximum Gasteiger partial charge on any atom is 0.417 e. The van der Waals surface area contributed by atoms with E-state index in [1.54, 1.807) is 31.0 Å². The smallest absolute Gasteiger partial charge is 0.368 e. The highest BCUT2D eigenvalue weighted by atomic mass is 35.5. The molecule has 3 aromatic rings. The van der Waals surface area contributed by atoms with Crippen LogP contribution in [0.1, 0.15) is 16.7 Å². The third kappa shape index (κ3) is 4.40. The molecule has 0 atom stereocenters. The van der Waals surface area contributed by atoms with Crippen molar-refractivity contribution < 1.29 is 17.6 Å². The van der Waals surface area contributed by atoms with Crippen LogP contribution in [0.4, 0.5) is 23.2 Å². The molecule has 0 aliphatic heterocycles. The molecule has 0 aliphatic rings. The summed E-state index contributed by atoms with van der Waals surface area (Å²) in [5.41, 5.74) is -0.204. The van der Waals surface area contributed by atoms with Gasteiger partial charge in [-0.1, -0.05) is 23.7 Å². The van der Waals surface area contributed by atoms with Crippen LogP contribution in [0.15, 0.2) is 47.5 Å². The van der Waals surface area contributed by atoms with Crippen LogP contribution in [0.5, 0.6) is 0 Å². The Morgan fingerprint density at radius 2 is 1.90 bits per heavy atom. The summed E-state index contributed by atoms with van der Waals surface area (Å²) in [4.78, 5) is 17.8. The fourth-order valence-electron chi connectivity index (χ4n) is 2.63. The van der Waals surface area contributed by atoms with Crippen molar-refractivity contribution in [3.63, 3.8) is 0 Å². The molecular formula is C19H15ClF4N4O. The van der Waals surface area contributed by atoms with E-state index in [4.69, 9.17) is 11.6 Å². The molecule has 1 aromatic carbocycles. The summed E-state index contributed by atoms with van der Waals surface area (Å²) in [6, 6.07) is 6.62. The first-order valence-electron chi connectivity index (χ1n) is 8.35. The minimum Gasteiger partial charge on any atom is -0.368 e. The lowest BCUT2D eigenvalue weighted by Gasteiger charge is -2.20. The quantitative estimate of drug-likeness (QED) is 0.581. The number of nitrogens with zero attached hydrogens (tertiary/aromatic N) is 4. The van der Waals surface area contributed by atoms with E-state index in [-0.39, 0.29) is 23.2 Å². The lowest BCUT2D eigenvalue weighted by molar-refractivity contribution is -0.137. The second-order valence-corrected chi connectivity index (χ2v) is 6.78. The average Bonchev–Trinajstić information content (AvgIpc) is 2.66. The largest absolute Gasteiger partial charge is 0.417 e. The van der Waals surface area contributed by atoms with Crippen molar-refractivity contribution in [2.45, 2.75) is 19.6 Å². The summed E-state index contributed by atoms with van der Waals surface area (Å²) in [7, 11) is 1.65. The van der Waals surface area contributed by atoms with E-state index in [1.165, 1.54) is 12.3 Å². The monoisotopic (exact) mass is 426 g/mol. The number of halogens is 5. The fourth-order valence-corrected chi connectivity index (χ4v) is 2.90. The van der Waals surface area contributed by atoms with Crippen molar-refractivity contribution >= 4 is 17.3 Å². The van der Waals surface area contributed by atoms with Crippen LogP contribution in [0.2, 0.25) is 5.02 Å². The Hall–Kier alpha value is -2.94. The second-order valence-electron chi connectivity index (χ2n) is 6.40. The summed E-state index contributed by atoms with van der Waals surface area (Å²) in [6.07, 6.45) is -2.62. The highest BCUT2D eigenvalue weighted by Gasteiger charge is 2.30. The normalized spacial score (nSPS) is 11.6. The van der Waals surface area contributed by atoms with Crippen molar-refractivity contribution in [2.75, 3.05) is 11.9 Å². The highest BCUT2D eigenvalue weighted by molar-refractivity contribution is 6.33. The summed E-state index contributed by atoms with van der Waals surface area (Å²) in [6.45, 7) is 1.92. The molecule has 0 bridgehead atoms. The standard InChI is InChI=1S/C19H15ClF4N4O/c1-11-3-4-12(7-14(11)21)10-27(2)15-9-26-28(18(29)17(15)20)16-6-5-13(8-25-16)19(22,23)24/h3-9H,10H2,1-2H3. The van der Waals surface area contributed by atoms with Gasteiger partial charge in [0.05, 0.1) is 17.4 Å². The number of hydrogen-bond donors (Lipinski definition) is 0. The average molecular weight is 427 g/mol. The Kier molecular flexibility index (Phi) is 5.61. The fraction of sp³-hybridized carbons (Fsp3) is 0.211. The van der Waals surface area contributed by atoms with Gasteiger partial charge in [0.25, 0.3) is 5.56 Å². The van der Waals surface area contributed by atoms with Crippen molar-refractivity contribution in [3.8, 4) is 5.82 Å². The molecular weight excluding hydrogens is 412 g/mol. The number of aryl methyl sites for hydroxylation is 1. The molecule has 0 amide bonds. The molecule has 0 radical (unpaired) electrons. The van der Waals surface area contributed by atoms with Crippen LogP contribution in [0.25, 0.3) is 5.82 Å². The summed E-state index contributed by atoms with van der Waals surface area (Å²) >= 11 is 6.17. The van der Waals surface area contributed by atoms with E-state index in [9.17, 15) is 22.4 Å². The first kappa shape index (κ1) is 20.8. The van der Waals surface area contributed by atoms with Crippen LogP contribution < -0.4 is 10.5 Å². The Balaban J connectivity index is 1.89. The van der Waals surface area contributed by atoms with E-state index in [0.717, 1.165) is 16.8 Å². The van der Waals surface area contributed by atoms with Gasteiger partial charge in [0.15, 0.2) is 5.82 Å². The van der Waals surface area contributed by atoms with Crippen molar-refractivity contribution in [1.29, 1.82) is 0 Å². The molecule has 0 N–H and O–H groups in total. The Bertz CT molecular complexity index is 1100. The molecule has 10 heteroatoms. The molecule has 3 rings (SSSR count). The molecule has 0 saturated heterocycles. The lowest BCUT2D eigenvalue weighted by Crippen LogP contribution is -2.26. The van der Waals surface area contributed by atoms with Gasteiger partial charge >= 0.3 is 6.18 Å². The molecule has 0 aliphatic carbocycles. The SMILES string of the molecule is Cc1ccc(CN(C)c2cnn(-c3ccc(C(F)(F)F)cn3)c(=O)c2Cl)cc1F. The molecule has 0 unspecified atom stereocenters. The third-order valence-electron chi connectivity index (χ3n) is 4.26. The first-order valence-corrected chi connectivity index (χ1v) is 8.73. The molecule has 29 heavy (non-hydrogen) atoms. The topological polar surface area (TPSA) is 51.0 Å². The van der Waals surface area contributed by atoms with E-state index in [1.807, 2.05) is 0 Å². The van der Waals surface area contributed by atoms with Gasteiger partial charge in [-0.2, -0.15) is 23.0 Å². The molecule has 5 nitrogen and oxygen atoms in total.